The number of aryl methyl sites for hydroxylation is 1. The number of nitro benzene ring substituents is 1. The Labute approximate surface area is 242 Å². The van der Waals surface area contributed by atoms with E-state index in [-0.39, 0.29) is 30.1 Å². The number of carboxylic acids is 1. The van der Waals surface area contributed by atoms with Crippen molar-refractivity contribution in [1.82, 2.24) is 16.0 Å². The molecule has 3 amide bonds. The van der Waals surface area contributed by atoms with Crippen LogP contribution in [-0.4, -0.2) is 53.4 Å². The molecule has 0 aliphatic carbocycles. The summed E-state index contributed by atoms with van der Waals surface area (Å²) in [6.45, 7) is 3.15. The molecule has 3 rings (SSSR count). The van der Waals surface area contributed by atoms with Crippen LogP contribution in [0.3, 0.4) is 0 Å². The molecule has 0 fully saturated rings. The first kappa shape index (κ1) is 31.3. The van der Waals surface area contributed by atoms with Crippen molar-refractivity contribution in [3.05, 3.63) is 99.1 Å². The SMILES string of the molecule is CCc1cc(C[C@@H](NC(C)=O)C(=O)NC[C@H](C(=O)NC)c2ccc([N+](=O)[O-])cc2)ccc1Nc1ccccc1C(=O)O. The normalized spacial score (nSPS) is 12.0. The number of carboxylic acid groups (broad SMARTS) is 1. The molecule has 12 nitrogen and oxygen atoms in total. The van der Waals surface area contributed by atoms with Gasteiger partial charge < -0.3 is 26.4 Å². The standard InChI is InChI=1S/C30H33N5O7/c1-4-20-15-19(9-14-25(20)34-26-8-6-5-7-23(26)30(39)40)16-27(33-18(2)36)29(38)32-17-24(28(37)31-3)21-10-12-22(13-11-21)35(41)42/h5-15,24,27,34H,4,16-17H2,1-3H3,(H,31,37)(H,32,38)(H,33,36)(H,39,40)/t24-,27+/m0/s1. The topological polar surface area (TPSA) is 180 Å². The lowest BCUT2D eigenvalue weighted by atomic mass is 9.97. The van der Waals surface area contributed by atoms with Crippen LogP contribution < -0.4 is 21.3 Å². The smallest absolute Gasteiger partial charge is 0.337 e. The van der Waals surface area contributed by atoms with E-state index in [1.807, 2.05) is 13.0 Å². The molecule has 3 aromatic rings. The molecule has 42 heavy (non-hydrogen) atoms. The van der Waals surface area contributed by atoms with Crippen LogP contribution in [0.1, 0.15) is 46.8 Å². The largest absolute Gasteiger partial charge is 0.478 e. The molecular formula is C30H33N5O7. The zero-order valence-electron chi connectivity index (χ0n) is 23.5. The molecule has 0 radical (unpaired) electrons. The van der Waals surface area contributed by atoms with Crippen LogP contribution in [-0.2, 0) is 27.2 Å². The minimum atomic E-state index is -1.05. The third kappa shape index (κ3) is 8.13. The van der Waals surface area contributed by atoms with Crippen LogP contribution >= 0.6 is 0 Å². The highest BCUT2D eigenvalue weighted by molar-refractivity contribution is 5.95. The van der Waals surface area contributed by atoms with Crippen LogP contribution in [0, 0.1) is 10.1 Å². The highest BCUT2D eigenvalue weighted by Crippen LogP contribution is 2.26. The number of aromatic carboxylic acids is 1. The number of nitro groups is 1. The van der Waals surface area contributed by atoms with Gasteiger partial charge in [0, 0.05) is 44.8 Å². The summed E-state index contributed by atoms with van der Waals surface area (Å²) in [5.74, 6) is -3.17. The lowest BCUT2D eigenvalue weighted by molar-refractivity contribution is -0.384. The van der Waals surface area contributed by atoms with Crippen molar-refractivity contribution in [2.45, 2.75) is 38.6 Å². The first-order chi connectivity index (χ1) is 20.0. The van der Waals surface area contributed by atoms with E-state index in [9.17, 15) is 34.4 Å². The van der Waals surface area contributed by atoms with Gasteiger partial charge in [-0.25, -0.2) is 4.79 Å². The van der Waals surface area contributed by atoms with E-state index in [1.54, 1.807) is 30.3 Å². The second-order valence-corrected chi connectivity index (χ2v) is 9.54. The number of carbonyl (C=O) groups is 4. The van der Waals surface area contributed by atoms with Crippen molar-refractivity contribution in [3.8, 4) is 0 Å². The maximum Gasteiger partial charge on any atom is 0.337 e. The molecule has 0 saturated heterocycles. The van der Waals surface area contributed by atoms with Crippen molar-refractivity contribution in [2.75, 3.05) is 18.9 Å². The summed E-state index contributed by atoms with van der Waals surface area (Å²) >= 11 is 0. The zero-order valence-corrected chi connectivity index (χ0v) is 23.5. The maximum absolute atomic E-state index is 13.2. The van der Waals surface area contributed by atoms with Gasteiger partial charge in [-0.1, -0.05) is 43.3 Å². The van der Waals surface area contributed by atoms with E-state index >= 15 is 0 Å². The molecule has 0 aromatic heterocycles. The second-order valence-electron chi connectivity index (χ2n) is 9.54. The van der Waals surface area contributed by atoms with Gasteiger partial charge in [0.05, 0.1) is 22.1 Å². The monoisotopic (exact) mass is 575 g/mol. The fourth-order valence-electron chi connectivity index (χ4n) is 4.49. The average Bonchev–Trinajstić information content (AvgIpc) is 2.97. The highest BCUT2D eigenvalue weighted by Gasteiger charge is 2.25. The van der Waals surface area contributed by atoms with Gasteiger partial charge in [-0.2, -0.15) is 0 Å². The van der Waals surface area contributed by atoms with Crippen molar-refractivity contribution < 1.29 is 29.2 Å². The van der Waals surface area contributed by atoms with Gasteiger partial charge in [0.25, 0.3) is 5.69 Å². The Hall–Kier alpha value is -5.26. The Bertz CT molecular complexity index is 1470. The van der Waals surface area contributed by atoms with Gasteiger partial charge in [0.1, 0.15) is 6.04 Å². The Morgan fingerprint density at radius 1 is 0.952 bits per heavy atom. The Kier molecular flexibility index (Phi) is 10.7. The van der Waals surface area contributed by atoms with Crippen LogP contribution in [0.2, 0.25) is 0 Å². The minimum absolute atomic E-state index is 0.0988. The summed E-state index contributed by atoms with van der Waals surface area (Å²) in [7, 11) is 1.45. The quantitative estimate of drug-likeness (QED) is 0.152. The number of likely N-dealkylation sites (N-methyl/N-ethyl adjacent to an activating group) is 1. The zero-order chi connectivity index (χ0) is 30.8. The number of rotatable bonds is 13. The van der Waals surface area contributed by atoms with Crippen molar-refractivity contribution in [2.24, 2.45) is 0 Å². The van der Waals surface area contributed by atoms with Gasteiger partial charge in [-0.05, 0) is 41.3 Å². The molecule has 0 spiro atoms. The summed E-state index contributed by atoms with van der Waals surface area (Å²) in [6.07, 6.45) is 0.776. The van der Waals surface area contributed by atoms with E-state index in [2.05, 4.69) is 21.3 Å². The minimum Gasteiger partial charge on any atom is -0.478 e. The number of carbonyl (C=O) groups excluding carboxylic acids is 3. The van der Waals surface area contributed by atoms with Gasteiger partial charge >= 0.3 is 5.97 Å². The van der Waals surface area contributed by atoms with Gasteiger partial charge in [-0.3, -0.25) is 24.5 Å². The summed E-state index contributed by atoms with van der Waals surface area (Å²) in [5, 5.41) is 31.6. The molecule has 2 atom stereocenters. The summed E-state index contributed by atoms with van der Waals surface area (Å²) in [6, 6.07) is 16.6. The Morgan fingerprint density at radius 3 is 2.24 bits per heavy atom. The fraction of sp³-hybridized carbons (Fsp3) is 0.267. The fourth-order valence-corrected chi connectivity index (χ4v) is 4.49. The summed E-state index contributed by atoms with van der Waals surface area (Å²) < 4.78 is 0. The molecule has 3 aromatic carbocycles. The van der Waals surface area contributed by atoms with Crippen LogP contribution in [0.5, 0.6) is 0 Å². The molecule has 0 bridgehead atoms. The molecule has 0 aliphatic rings. The first-order valence-corrected chi connectivity index (χ1v) is 13.3. The Balaban J connectivity index is 1.78. The number of para-hydroxylation sites is 1. The molecule has 220 valence electrons. The van der Waals surface area contributed by atoms with E-state index in [1.165, 1.54) is 44.3 Å². The summed E-state index contributed by atoms with van der Waals surface area (Å²) in [5.41, 5.74) is 3.30. The van der Waals surface area contributed by atoms with Crippen LogP contribution in [0.15, 0.2) is 66.7 Å². The number of amides is 3. The highest BCUT2D eigenvalue weighted by atomic mass is 16.6. The maximum atomic E-state index is 13.2. The summed E-state index contributed by atoms with van der Waals surface area (Å²) in [4.78, 5) is 59.8. The molecule has 5 N–H and O–H groups in total. The number of anilines is 2. The molecule has 0 heterocycles. The van der Waals surface area contributed by atoms with Crippen LogP contribution in [0.4, 0.5) is 17.1 Å². The molecular weight excluding hydrogens is 542 g/mol. The predicted molar refractivity (Wildman–Crippen MR) is 157 cm³/mol. The van der Waals surface area contributed by atoms with Crippen molar-refractivity contribution in [3.63, 3.8) is 0 Å². The average molecular weight is 576 g/mol. The van der Waals surface area contributed by atoms with Crippen LogP contribution in [0.25, 0.3) is 0 Å². The predicted octanol–water partition coefficient (Wildman–Crippen LogP) is 3.29. The van der Waals surface area contributed by atoms with E-state index in [0.717, 1.165) is 11.1 Å². The van der Waals surface area contributed by atoms with Gasteiger partial charge in [0.2, 0.25) is 17.7 Å². The number of nitrogens with zero attached hydrogens (tertiary/aromatic N) is 1. The van der Waals surface area contributed by atoms with Crippen molar-refractivity contribution in [1.29, 1.82) is 0 Å². The third-order valence-corrected chi connectivity index (χ3v) is 6.66. The second kappa shape index (κ2) is 14.4. The molecule has 0 saturated carbocycles. The Morgan fingerprint density at radius 2 is 1.64 bits per heavy atom. The lowest BCUT2D eigenvalue weighted by Gasteiger charge is -2.21. The first-order valence-electron chi connectivity index (χ1n) is 13.3. The molecule has 0 aliphatic heterocycles. The van der Waals surface area contributed by atoms with Gasteiger partial charge in [-0.15, -0.1) is 0 Å². The molecule has 0 unspecified atom stereocenters. The van der Waals surface area contributed by atoms with Gasteiger partial charge in [0.15, 0.2) is 0 Å². The van der Waals surface area contributed by atoms with E-state index in [0.29, 0.717) is 23.4 Å². The lowest BCUT2D eigenvalue weighted by Crippen LogP contribution is -2.49. The number of hydrogen-bond acceptors (Lipinski definition) is 7. The number of non-ortho nitro benzene ring substituents is 1. The third-order valence-electron chi connectivity index (χ3n) is 6.66. The van der Waals surface area contributed by atoms with E-state index < -0.39 is 34.7 Å². The van der Waals surface area contributed by atoms with E-state index in [4.69, 9.17) is 0 Å². The number of benzene rings is 3. The molecule has 12 heteroatoms. The number of hydrogen-bond donors (Lipinski definition) is 5. The van der Waals surface area contributed by atoms with Crippen molar-refractivity contribution >= 4 is 40.8 Å². The number of nitrogens with one attached hydrogen (secondary N) is 4.